The van der Waals surface area contributed by atoms with Crippen molar-refractivity contribution in [2.75, 3.05) is 13.2 Å². The molecule has 4 N–H and O–H groups in total. The third-order valence-electron chi connectivity index (χ3n) is 2.20. The van der Waals surface area contributed by atoms with Gasteiger partial charge in [-0.25, -0.2) is 0 Å². The molecule has 0 aromatic carbocycles. The highest BCUT2D eigenvalue weighted by atomic mass is 16.3. The van der Waals surface area contributed by atoms with Crippen molar-refractivity contribution in [3.63, 3.8) is 0 Å². The number of hydrogen-bond donors (Lipinski definition) is 3. The van der Waals surface area contributed by atoms with E-state index < -0.39 is 0 Å². The van der Waals surface area contributed by atoms with Crippen LogP contribution in [0.4, 0.5) is 0 Å². The van der Waals surface area contributed by atoms with Crippen LogP contribution >= 0.6 is 0 Å². The Morgan fingerprint density at radius 1 is 1.25 bits per heavy atom. The molecule has 12 heavy (non-hydrogen) atoms. The summed E-state index contributed by atoms with van der Waals surface area (Å²) in [6, 6.07) is 0.0436. The van der Waals surface area contributed by atoms with Gasteiger partial charge in [-0.05, 0) is 25.2 Å². The molecule has 0 aromatic heterocycles. The lowest BCUT2D eigenvalue weighted by Crippen LogP contribution is -2.32. The van der Waals surface area contributed by atoms with Crippen LogP contribution in [0.1, 0.15) is 32.6 Å². The number of aliphatic hydroxyl groups excluding tert-OH is 2. The molecule has 2 atom stereocenters. The molecule has 0 spiro atoms. The zero-order valence-corrected chi connectivity index (χ0v) is 7.87. The topological polar surface area (TPSA) is 66.5 Å². The van der Waals surface area contributed by atoms with Gasteiger partial charge in [0.25, 0.3) is 0 Å². The Labute approximate surface area is 74.6 Å². The molecule has 0 aliphatic heterocycles. The van der Waals surface area contributed by atoms with Crippen molar-refractivity contribution in [3.8, 4) is 0 Å². The number of aliphatic hydroxyl groups is 2. The van der Waals surface area contributed by atoms with E-state index in [1.54, 1.807) is 0 Å². The van der Waals surface area contributed by atoms with Crippen LogP contribution < -0.4 is 5.73 Å². The van der Waals surface area contributed by atoms with E-state index in [1.165, 1.54) is 0 Å². The maximum atomic E-state index is 8.98. The second kappa shape index (κ2) is 7.53. The van der Waals surface area contributed by atoms with Gasteiger partial charge < -0.3 is 15.9 Å². The van der Waals surface area contributed by atoms with Gasteiger partial charge in [0.1, 0.15) is 0 Å². The van der Waals surface area contributed by atoms with Gasteiger partial charge >= 0.3 is 0 Å². The first-order valence-corrected chi connectivity index (χ1v) is 4.73. The maximum Gasteiger partial charge on any atom is 0.0474 e. The van der Waals surface area contributed by atoms with Gasteiger partial charge in [0.2, 0.25) is 0 Å². The van der Waals surface area contributed by atoms with E-state index in [9.17, 15) is 0 Å². The Morgan fingerprint density at radius 3 is 2.33 bits per heavy atom. The van der Waals surface area contributed by atoms with E-state index in [0.29, 0.717) is 0 Å². The molecule has 0 amide bonds. The van der Waals surface area contributed by atoms with Gasteiger partial charge in [0.05, 0.1) is 0 Å². The van der Waals surface area contributed by atoms with Gasteiger partial charge in [-0.15, -0.1) is 0 Å². The van der Waals surface area contributed by atoms with Crippen molar-refractivity contribution in [1.29, 1.82) is 0 Å². The Kier molecular flexibility index (Phi) is 7.45. The lowest BCUT2D eigenvalue weighted by atomic mass is 9.93. The first-order valence-electron chi connectivity index (χ1n) is 4.73. The fourth-order valence-electron chi connectivity index (χ4n) is 1.37. The van der Waals surface area contributed by atoms with E-state index in [-0.39, 0.29) is 25.2 Å². The van der Waals surface area contributed by atoms with E-state index in [2.05, 4.69) is 6.92 Å². The van der Waals surface area contributed by atoms with Crippen molar-refractivity contribution in [2.24, 2.45) is 11.7 Å². The summed E-state index contributed by atoms with van der Waals surface area (Å²) in [6.45, 7) is 2.44. The Balaban J connectivity index is 3.60. The van der Waals surface area contributed by atoms with Gasteiger partial charge in [0.15, 0.2) is 0 Å². The van der Waals surface area contributed by atoms with Crippen LogP contribution in [0.25, 0.3) is 0 Å². The normalized spacial score (nSPS) is 16.0. The van der Waals surface area contributed by atoms with Gasteiger partial charge in [-0.3, -0.25) is 0 Å². The predicted molar refractivity (Wildman–Crippen MR) is 49.8 cm³/mol. The summed E-state index contributed by atoms with van der Waals surface area (Å²) in [5.74, 6) is 0.210. The molecular formula is C9H21NO2. The van der Waals surface area contributed by atoms with Crippen LogP contribution in [0.2, 0.25) is 0 Å². The zero-order chi connectivity index (χ0) is 9.40. The molecule has 0 heterocycles. The summed E-state index contributed by atoms with van der Waals surface area (Å²) in [6.07, 6.45) is 3.57. The number of rotatable bonds is 7. The van der Waals surface area contributed by atoms with Crippen molar-refractivity contribution in [3.05, 3.63) is 0 Å². The van der Waals surface area contributed by atoms with E-state index in [0.717, 1.165) is 25.7 Å². The third kappa shape index (κ3) is 4.70. The third-order valence-corrected chi connectivity index (χ3v) is 2.20. The molecule has 2 unspecified atom stereocenters. The summed E-state index contributed by atoms with van der Waals surface area (Å²) >= 11 is 0. The highest BCUT2D eigenvalue weighted by molar-refractivity contribution is 4.71. The largest absolute Gasteiger partial charge is 0.396 e. The average molecular weight is 175 g/mol. The molecule has 74 valence electrons. The first-order chi connectivity index (χ1) is 5.76. The summed E-state index contributed by atoms with van der Waals surface area (Å²) in [5, 5.41) is 17.6. The molecule has 0 aliphatic rings. The molecule has 0 bridgehead atoms. The second-order valence-corrected chi connectivity index (χ2v) is 3.26. The van der Waals surface area contributed by atoms with E-state index in [1.807, 2.05) is 0 Å². The van der Waals surface area contributed by atoms with Crippen LogP contribution in [-0.4, -0.2) is 29.5 Å². The average Bonchev–Trinajstić information content (AvgIpc) is 2.10. The molecule has 0 fully saturated rings. The second-order valence-electron chi connectivity index (χ2n) is 3.26. The Morgan fingerprint density at radius 2 is 1.92 bits per heavy atom. The Hall–Kier alpha value is -0.120. The molecule has 0 saturated heterocycles. The molecule has 3 heteroatoms. The van der Waals surface area contributed by atoms with Crippen LogP contribution in [0.5, 0.6) is 0 Å². The fourth-order valence-corrected chi connectivity index (χ4v) is 1.37. The predicted octanol–water partition coefficient (Wildman–Crippen LogP) is 0.495. The lowest BCUT2D eigenvalue weighted by Gasteiger charge is -2.20. The molecule has 0 aromatic rings. The summed E-state index contributed by atoms with van der Waals surface area (Å²) in [4.78, 5) is 0. The standard InChI is InChI=1S/C9H21NO2/c1-2-4-8(7-12)9(10)5-3-6-11/h8-9,11-12H,2-7,10H2,1H3. The summed E-state index contributed by atoms with van der Waals surface area (Å²) in [5.41, 5.74) is 5.83. The zero-order valence-electron chi connectivity index (χ0n) is 7.87. The quantitative estimate of drug-likeness (QED) is 0.527. The highest BCUT2D eigenvalue weighted by Crippen LogP contribution is 2.12. The van der Waals surface area contributed by atoms with Gasteiger partial charge in [0, 0.05) is 19.3 Å². The van der Waals surface area contributed by atoms with E-state index in [4.69, 9.17) is 15.9 Å². The van der Waals surface area contributed by atoms with Crippen LogP contribution in [0.15, 0.2) is 0 Å². The van der Waals surface area contributed by atoms with E-state index >= 15 is 0 Å². The molecule has 0 rings (SSSR count). The maximum absolute atomic E-state index is 8.98. The van der Waals surface area contributed by atoms with Gasteiger partial charge in [-0.2, -0.15) is 0 Å². The lowest BCUT2D eigenvalue weighted by molar-refractivity contribution is 0.184. The smallest absolute Gasteiger partial charge is 0.0474 e. The molecular weight excluding hydrogens is 154 g/mol. The van der Waals surface area contributed by atoms with Crippen LogP contribution in [0, 0.1) is 5.92 Å². The molecule has 0 radical (unpaired) electrons. The van der Waals surface area contributed by atoms with Gasteiger partial charge in [-0.1, -0.05) is 13.3 Å². The van der Waals surface area contributed by atoms with Crippen LogP contribution in [-0.2, 0) is 0 Å². The van der Waals surface area contributed by atoms with Crippen molar-refractivity contribution in [1.82, 2.24) is 0 Å². The molecule has 0 aliphatic carbocycles. The molecule has 0 saturated carbocycles. The number of nitrogens with two attached hydrogens (primary N) is 1. The van der Waals surface area contributed by atoms with Crippen molar-refractivity contribution in [2.45, 2.75) is 38.6 Å². The summed E-state index contributed by atoms with van der Waals surface area (Å²) < 4.78 is 0. The SMILES string of the molecule is CCCC(CO)C(N)CCCO. The minimum atomic E-state index is 0.0436. The summed E-state index contributed by atoms with van der Waals surface area (Å²) in [7, 11) is 0. The fraction of sp³-hybridized carbons (Fsp3) is 1.00. The highest BCUT2D eigenvalue weighted by Gasteiger charge is 2.14. The number of hydrogen-bond acceptors (Lipinski definition) is 3. The first kappa shape index (κ1) is 11.9. The van der Waals surface area contributed by atoms with Crippen molar-refractivity contribution < 1.29 is 10.2 Å². The monoisotopic (exact) mass is 175 g/mol. The minimum Gasteiger partial charge on any atom is -0.396 e. The van der Waals surface area contributed by atoms with Crippen molar-refractivity contribution >= 4 is 0 Å². The molecule has 3 nitrogen and oxygen atoms in total. The Bertz CT molecular complexity index is 98.5. The minimum absolute atomic E-state index is 0.0436. The van der Waals surface area contributed by atoms with Crippen LogP contribution in [0.3, 0.4) is 0 Å².